The van der Waals surface area contributed by atoms with Crippen LogP contribution in [0.5, 0.6) is 11.5 Å². The molecule has 6 heteroatoms. The Morgan fingerprint density at radius 3 is 2.15 bits per heavy atom. The van der Waals surface area contributed by atoms with E-state index >= 15 is 0 Å². The molecule has 6 nitrogen and oxygen atoms in total. The Morgan fingerprint density at radius 1 is 0.885 bits per heavy atom. The monoisotopic (exact) mass is 356 g/mol. The quantitative estimate of drug-likeness (QED) is 0.563. The fourth-order valence-electron chi connectivity index (χ4n) is 2.05. The van der Waals surface area contributed by atoms with Crippen LogP contribution in [0.2, 0.25) is 0 Å². The van der Waals surface area contributed by atoms with Gasteiger partial charge in [-0.05, 0) is 49.7 Å². The summed E-state index contributed by atoms with van der Waals surface area (Å²) < 4.78 is 10.9. The molecule has 2 amide bonds. The van der Waals surface area contributed by atoms with Crippen molar-refractivity contribution in [3.8, 4) is 11.5 Å². The number of hydrogen-bond donors (Lipinski definition) is 2. The van der Waals surface area contributed by atoms with Gasteiger partial charge >= 0.3 is 0 Å². The molecule has 26 heavy (non-hydrogen) atoms. The fourth-order valence-corrected chi connectivity index (χ4v) is 2.05. The van der Waals surface area contributed by atoms with Gasteiger partial charge in [0.05, 0.1) is 6.61 Å². The summed E-state index contributed by atoms with van der Waals surface area (Å²) in [7, 11) is 0. The first-order valence-electron chi connectivity index (χ1n) is 8.60. The van der Waals surface area contributed by atoms with Crippen molar-refractivity contribution in [2.45, 2.75) is 26.7 Å². The first kappa shape index (κ1) is 19.3. The van der Waals surface area contributed by atoms with Gasteiger partial charge in [0.1, 0.15) is 11.5 Å². The normalized spacial score (nSPS) is 10.1. The number of hydrazine groups is 1. The minimum Gasteiger partial charge on any atom is -0.494 e. The number of nitrogens with one attached hydrogen (secondary N) is 2. The molecule has 0 atom stereocenters. The lowest BCUT2D eigenvalue weighted by atomic mass is 10.2. The predicted octanol–water partition coefficient (Wildman–Crippen LogP) is 3.01. The maximum atomic E-state index is 12.0. The Kier molecular flexibility index (Phi) is 7.49. The molecule has 0 heterocycles. The molecular weight excluding hydrogens is 332 g/mol. The Morgan fingerprint density at radius 2 is 1.50 bits per heavy atom. The standard InChI is InChI=1S/C20H24N2O4/c1-3-4-13-25-17-11-7-16(8-12-17)20(24)22-21-19(23)14-26-18-9-5-15(2)6-10-18/h5-12H,3-4,13-14H2,1-2H3,(H,21,23)(H,22,24). The van der Waals surface area contributed by atoms with Crippen molar-refractivity contribution in [2.75, 3.05) is 13.2 Å². The third kappa shape index (κ3) is 6.47. The maximum absolute atomic E-state index is 12.0. The Balaban J connectivity index is 1.73. The number of aryl methyl sites for hydroxylation is 1. The van der Waals surface area contributed by atoms with Crippen LogP contribution in [0, 0.1) is 6.92 Å². The highest BCUT2D eigenvalue weighted by Gasteiger charge is 2.08. The van der Waals surface area contributed by atoms with Gasteiger partial charge in [-0.3, -0.25) is 20.4 Å². The van der Waals surface area contributed by atoms with E-state index in [9.17, 15) is 9.59 Å². The van der Waals surface area contributed by atoms with Gasteiger partial charge in [0.25, 0.3) is 11.8 Å². The largest absolute Gasteiger partial charge is 0.494 e. The molecule has 0 unspecified atom stereocenters. The van der Waals surface area contributed by atoms with Gasteiger partial charge in [0, 0.05) is 5.56 Å². The van der Waals surface area contributed by atoms with Crippen molar-refractivity contribution in [1.82, 2.24) is 10.9 Å². The van der Waals surface area contributed by atoms with E-state index in [1.54, 1.807) is 36.4 Å². The van der Waals surface area contributed by atoms with Crippen LogP contribution < -0.4 is 20.3 Å². The molecule has 2 aromatic rings. The molecule has 0 radical (unpaired) electrons. The number of unbranched alkanes of at least 4 members (excludes halogenated alkanes) is 1. The lowest BCUT2D eigenvalue weighted by Crippen LogP contribution is -2.43. The number of rotatable bonds is 8. The summed E-state index contributed by atoms with van der Waals surface area (Å²) in [6.45, 7) is 4.53. The van der Waals surface area contributed by atoms with E-state index in [-0.39, 0.29) is 6.61 Å². The third-order valence-electron chi connectivity index (χ3n) is 3.59. The molecule has 0 saturated carbocycles. The molecule has 2 aromatic carbocycles. The van der Waals surface area contributed by atoms with Gasteiger partial charge in [-0.25, -0.2) is 0 Å². The molecule has 0 fully saturated rings. The lowest BCUT2D eigenvalue weighted by molar-refractivity contribution is -0.123. The highest BCUT2D eigenvalue weighted by Crippen LogP contribution is 2.13. The highest BCUT2D eigenvalue weighted by molar-refractivity contribution is 5.95. The van der Waals surface area contributed by atoms with Crippen LogP contribution in [0.3, 0.4) is 0 Å². The smallest absolute Gasteiger partial charge is 0.276 e. The van der Waals surface area contributed by atoms with E-state index in [1.807, 2.05) is 19.1 Å². The predicted molar refractivity (Wildman–Crippen MR) is 99.1 cm³/mol. The topological polar surface area (TPSA) is 76.7 Å². The zero-order chi connectivity index (χ0) is 18.8. The molecule has 0 saturated heterocycles. The van der Waals surface area contributed by atoms with Crippen LogP contribution in [-0.4, -0.2) is 25.0 Å². The molecule has 0 aliphatic heterocycles. The molecule has 138 valence electrons. The van der Waals surface area contributed by atoms with Crippen LogP contribution in [0.4, 0.5) is 0 Å². The van der Waals surface area contributed by atoms with Gasteiger partial charge in [-0.1, -0.05) is 31.0 Å². The summed E-state index contributed by atoms with van der Waals surface area (Å²) in [5, 5.41) is 0. The van der Waals surface area contributed by atoms with Crippen LogP contribution in [0.25, 0.3) is 0 Å². The Hall–Kier alpha value is -3.02. The van der Waals surface area contributed by atoms with E-state index in [4.69, 9.17) is 9.47 Å². The van der Waals surface area contributed by atoms with E-state index in [1.165, 1.54) is 0 Å². The molecule has 2 rings (SSSR count). The van der Waals surface area contributed by atoms with Crippen molar-refractivity contribution in [2.24, 2.45) is 0 Å². The number of amides is 2. The second kappa shape index (κ2) is 10.1. The zero-order valence-electron chi connectivity index (χ0n) is 15.1. The minimum atomic E-state index is -0.446. The lowest BCUT2D eigenvalue weighted by Gasteiger charge is -2.10. The number of carbonyl (C=O) groups is 2. The van der Waals surface area contributed by atoms with E-state index in [0.717, 1.165) is 18.4 Å². The van der Waals surface area contributed by atoms with E-state index in [2.05, 4.69) is 17.8 Å². The third-order valence-corrected chi connectivity index (χ3v) is 3.59. The van der Waals surface area contributed by atoms with Crippen LogP contribution >= 0.6 is 0 Å². The van der Waals surface area contributed by atoms with Crippen LogP contribution in [-0.2, 0) is 4.79 Å². The SMILES string of the molecule is CCCCOc1ccc(C(=O)NNC(=O)COc2ccc(C)cc2)cc1. The van der Waals surface area contributed by atoms with Crippen molar-refractivity contribution >= 4 is 11.8 Å². The Bertz CT molecular complexity index is 712. The van der Waals surface area contributed by atoms with Crippen LogP contribution in [0.15, 0.2) is 48.5 Å². The van der Waals surface area contributed by atoms with E-state index in [0.29, 0.717) is 23.7 Å². The summed E-state index contributed by atoms with van der Waals surface area (Å²) in [6, 6.07) is 14.1. The van der Waals surface area contributed by atoms with Gasteiger partial charge < -0.3 is 9.47 Å². The number of ether oxygens (including phenoxy) is 2. The number of hydrogen-bond acceptors (Lipinski definition) is 4. The molecule has 0 bridgehead atoms. The van der Waals surface area contributed by atoms with Crippen molar-refractivity contribution in [3.05, 3.63) is 59.7 Å². The fraction of sp³-hybridized carbons (Fsp3) is 0.300. The van der Waals surface area contributed by atoms with E-state index < -0.39 is 11.8 Å². The van der Waals surface area contributed by atoms with Crippen molar-refractivity contribution in [3.63, 3.8) is 0 Å². The summed E-state index contributed by atoms with van der Waals surface area (Å²) in [5.41, 5.74) is 6.21. The van der Waals surface area contributed by atoms with Crippen molar-refractivity contribution in [1.29, 1.82) is 0 Å². The van der Waals surface area contributed by atoms with Gasteiger partial charge in [0.2, 0.25) is 0 Å². The number of benzene rings is 2. The Labute approximate surface area is 153 Å². The average Bonchev–Trinajstić information content (AvgIpc) is 2.66. The average molecular weight is 356 g/mol. The molecule has 0 aliphatic carbocycles. The summed E-state index contributed by atoms with van der Waals surface area (Å²) in [5.74, 6) is 0.452. The highest BCUT2D eigenvalue weighted by atomic mass is 16.5. The first-order chi connectivity index (χ1) is 12.6. The van der Waals surface area contributed by atoms with Gasteiger partial charge in [0.15, 0.2) is 6.61 Å². The maximum Gasteiger partial charge on any atom is 0.276 e. The second-order valence-corrected chi connectivity index (χ2v) is 5.83. The first-order valence-corrected chi connectivity index (χ1v) is 8.60. The zero-order valence-corrected chi connectivity index (χ0v) is 15.1. The summed E-state index contributed by atoms with van der Waals surface area (Å²) >= 11 is 0. The van der Waals surface area contributed by atoms with Crippen molar-refractivity contribution < 1.29 is 19.1 Å². The van der Waals surface area contributed by atoms with Gasteiger partial charge in [-0.15, -0.1) is 0 Å². The van der Waals surface area contributed by atoms with Crippen LogP contribution in [0.1, 0.15) is 35.7 Å². The molecule has 0 spiro atoms. The van der Waals surface area contributed by atoms with Gasteiger partial charge in [-0.2, -0.15) is 0 Å². The number of carbonyl (C=O) groups excluding carboxylic acids is 2. The second-order valence-electron chi connectivity index (χ2n) is 5.83. The molecular formula is C20H24N2O4. The minimum absolute atomic E-state index is 0.187. The summed E-state index contributed by atoms with van der Waals surface area (Å²) in [4.78, 5) is 23.8. The molecule has 0 aromatic heterocycles. The summed E-state index contributed by atoms with van der Waals surface area (Å²) in [6.07, 6.45) is 2.05. The molecule has 0 aliphatic rings. The molecule has 2 N–H and O–H groups in total.